The van der Waals surface area contributed by atoms with Gasteiger partial charge in [-0.1, -0.05) is 18.2 Å². The van der Waals surface area contributed by atoms with E-state index in [0.29, 0.717) is 36.5 Å². The highest BCUT2D eigenvalue weighted by Gasteiger charge is 2.39. The number of aromatic amines is 1. The third kappa shape index (κ3) is 2.77. The first kappa shape index (κ1) is 14.9. The Bertz CT molecular complexity index is 872. The Kier molecular flexibility index (Phi) is 3.55. The van der Waals surface area contributed by atoms with E-state index in [-0.39, 0.29) is 23.4 Å². The van der Waals surface area contributed by atoms with Crippen molar-refractivity contribution in [3.63, 3.8) is 0 Å². The molecule has 2 amide bonds. The van der Waals surface area contributed by atoms with Gasteiger partial charge in [0, 0.05) is 36.9 Å². The molecule has 1 aromatic heterocycles. The molecule has 1 saturated heterocycles. The number of para-hydroxylation sites is 1. The molecule has 1 aliphatic carbocycles. The maximum absolute atomic E-state index is 12.5. The van der Waals surface area contributed by atoms with Gasteiger partial charge in [-0.3, -0.25) is 9.59 Å². The molecule has 0 bridgehead atoms. The molecule has 24 heavy (non-hydrogen) atoms. The average Bonchev–Trinajstić information content (AvgIpc) is 3.35. The fourth-order valence-corrected chi connectivity index (χ4v) is 3.28. The molecule has 2 heterocycles. The van der Waals surface area contributed by atoms with Gasteiger partial charge in [-0.15, -0.1) is 0 Å². The Hall–Kier alpha value is -2.70. The molecular formula is C17H18N4O3. The molecule has 0 radical (unpaired) electrons. The summed E-state index contributed by atoms with van der Waals surface area (Å²) in [6.45, 7) is 1.12. The third-order valence-electron chi connectivity index (χ3n) is 4.63. The predicted molar refractivity (Wildman–Crippen MR) is 87.5 cm³/mol. The molecule has 2 fully saturated rings. The number of hydrogen-bond acceptors (Lipinski definition) is 4. The SMILES string of the molecule is O=C(NC[C@H]1CC(=O)N(C2CC2)C1)c1nc(=O)[nH]c2ccccc12. The summed E-state index contributed by atoms with van der Waals surface area (Å²) in [5.41, 5.74) is 0.158. The van der Waals surface area contributed by atoms with Crippen LogP contribution in [0, 0.1) is 5.92 Å². The molecule has 2 N–H and O–H groups in total. The van der Waals surface area contributed by atoms with Crippen LogP contribution in [0.1, 0.15) is 29.8 Å². The summed E-state index contributed by atoms with van der Waals surface area (Å²) in [4.78, 5) is 44.4. The molecule has 2 aliphatic rings. The van der Waals surface area contributed by atoms with E-state index < -0.39 is 5.69 Å². The molecule has 1 aromatic carbocycles. The van der Waals surface area contributed by atoms with Crippen LogP contribution in [0.15, 0.2) is 29.1 Å². The van der Waals surface area contributed by atoms with Gasteiger partial charge in [0.05, 0.1) is 5.52 Å². The number of amides is 2. The number of nitrogens with zero attached hydrogens (tertiary/aromatic N) is 2. The molecule has 1 atom stereocenters. The minimum atomic E-state index is -0.546. The number of carbonyl (C=O) groups excluding carboxylic acids is 2. The number of rotatable bonds is 4. The van der Waals surface area contributed by atoms with Crippen molar-refractivity contribution in [3.8, 4) is 0 Å². The molecular weight excluding hydrogens is 308 g/mol. The lowest BCUT2D eigenvalue weighted by Gasteiger charge is -2.15. The van der Waals surface area contributed by atoms with E-state index in [1.165, 1.54) is 0 Å². The van der Waals surface area contributed by atoms with E-state index in [0.717, 1.165) is 12.8 Å². The summed E-state index contributed by atoms with van der Waals surface area (Å²) in [7, 11) is 0. The molecule has 7 heteroatoms. The zero-order valence-electron chi connectivity index (χ0n) is 13.1. The lowest BCUT2D eigenvalue weighted by molar-refractivity contribution is -0.128. The monoisotopic (exact) mass is 326 g/mol. The van der Waals surface area contributed by atoms with Crippen LogP contribution >= 0.6 is 0 Å². The van der Waals surface area contributed by atoms with Crippen molar-refractivity contribution in [2.75, 3.05) is 13.1 Å². The van der Waals surface area contributed by atoms with Crippen molar-refractivity contribution in [2.45, 2.75) is 25.3 Å². The quantitative estimate of drug-likeness (QED) is 0.863. The fraction of sp³-hybridized carbons (Fsp3) is 0.412. The van der Waals surface area contributed by atoms with Gasteiger partial charge in [0.25, 0.3) is 5.91 Å². The lowest BCUT2D eigenvalue weighted by Crippen LogP contribution is -2.33. The van der Waals surface area contributed by atoms with Crippen LogP contribution in [0.25, 0.3) is 10.9 Å². The van der Waals surface area contributed by atoms with E-state index in [2.05, 4.69) is 15.3 Å². The van der Waals surface area contributed by atoms with Gasteiger partial charge in [0.2, 0.25) is 5.91 Å². The van der Waals surface area contributed by atoms with Crippen LogP contribution in [0.5, 0.6) is 0 Å². The molecule has 2 aromatic rings. The first-order valence-electron chi connectivity index (χ1n) is 8.18. The van der Waals surface area contributed by atoms with Crippen molar-refractivity contribution in [3.05, 3.63) is 40.4 Å². The maximum atomic E-state index is 12.5. The van der Waals surface area contributed by atoms with Crippen LogP contribution in [0.2, 0.25) is 0 Å². The minimum absolute atomic E-state index is 0.121. The van der Waals surface area contributed by atoms with E-state index in [1.54, 1.807) is 24.3 Å². The Morgan fingerprint density at radius 1 is 1.29 bits per heavy atom. The molecule has 0 spiro atoms. The third-order valence-corrected chi connectivity index (χ3v) is 4.63. The first-order chi connectivity index (χ1) is 11.6. The van der Waals surface area contributed by atoms with Gasteiger partial charge in [-0.2, -0.15) is 4.98 Å². The fourth-order valence-electron chi connectivity index (χ4n) is 3.28. The largest absolute Gasteiger partial charge is 0.350 e. The molecule has 1 aliphatic heterocycles. The summed E-state index contributed by atoms with van der Waals surface area (Å²) in [6, 6.07) is 7.48. The topological polar surface area (TPSA) is 95.2 Å². The van der Waals surface area contributed by atoms with Crippen molar-refractivity contribution < 1.29 is 9.59 Å². The summed E-state index contributed by atoms with van der Waals surface area (Å²) < 4.78 is 0. The van der Waals surface area contributed by atoms with Crippen molar-refractivity contribution in [1.82, 2.24) is 20.2 Å². The van der Waals surface area contributed by atoms with E-state index in [1.807, 2.05) is 4.90 Å². The number of fused-ring (bicyclic) bond motifs is 1. The zero-order valence-corrected chi connectivity index (χ0v) is 13.1. The normalized spacial score (nSPS) is 20.6. The van der Waals surface area contributed by atoms with Gasteiger partial charge < -0.3 is 15.2 Å². The van der Waals surface area contributed by atoms with Gasteiger partial charge in [0.1, 0.15) is 5.69 Å². The standard InChI is InChI=1S/C17H18N4O3/c22-14-7-10(9-21(14)11-5-6-11)8-18-16(23)15-12-3-1-2-4-13(12)19-17(24)20-15/h1-4,10-11H,5-9H2,(H,18,23)(H,19,20,24)/t10-/m1/s1. The highest BCUT2D eigenvalue weighted by atomic mass is 16.2. The van der Waals surface area contributed by atoms with Crippen LogP contribution in [-0.4, -0.2) is 45.8 Å². The van der Waals surface area contributed by atoms with Crippen molar-refractivity contribution in [2.24, 2.45) is 5.92 Å². The Morgan fingerprint density at radius 3 is 2.88 bits per heavy atom. The van der Waals surface area contributed by atoms with Gasteiger partial charge in [0.15, 0.2) is 0 Å². The highest BCUT2D eigenvalue weighted by Crippen LogP contribution is 2.32. The van der Waals surface area contributed by atoms with Crippen LogP contribution in [-0.2, 0) is 4.79 Å². The molecule has 7 nitrogen and oxygen atoms in total. The van der Waals surface area contributed by atoms with Crippen molar-refractivity contribution >= 4 is 22.7 Å². The summed E-state index contributed by atoms with van der Waals surface area (Å²) in [6.07, 6.45) is 2.65. The summed E-state index contributed by atoms with van der Waals surface area (Å²) in [5, 5.41) is 3.44. The molecule has 124 valence electrons. The summed E-state index contributed by atoms with van der Waals surface area (Å²) >= 11 is 0. The van der Waals surface area contributed by atoms with Crippen molar-refractivity contribution in [1.29, 1.82) is 0 Å². The number of carbonyl (C=O) groups is 2. The number of H-pyrrole nitrogens is 1. The van der Waals surface area contributed by atoms with Crippen LogP contribution in [0.3, 0.4) is 0 Å². The Morgan fingerprint density at radius 2 is 2.08 bits per heavy atom. The minimum Gasteiger partial charge on any atom is -0.350 e. The highest BCUT2D eigenvalue weighted by molar-refractivity contribution is 6.04. The Balaban J connectivity index is 1.47. The second kappa shape index (κ2) is 5.74. The molecule has 1 saturated carbocycles. The molecule has 0 unspecified atom stereocenters. The smallest absolute Gasteiger partial charge is 0.346 e. The Labute approximate surface area is 138 Å². The van der Waals surface area contributed by atoms with E-state index >= 15 is 0 Å². The van der Waals surface area contributed by atoms with Gasteiger partial charge >= 0.3 is 5.69 Å². The zero-order chi connectivity index (χ0) is 16.7. The second-order valence-corrected chi connectivity index (χ2v) is 6.49. The van der Waals surface area contributed by atoms with E-state index in [4.69, 9.17) is 0 Å². The second-order valence-electron chi connectivity index (χ2n) is 6.49. The van der Waals surface area contributed by atoms with Gasteiger partial charge in [-0.05, 0) is 18.9 Å². The average molecular weight is 326 g/mol. The predicted octanol–water partition coefficient (Wildman–Crippen LogP) is 0.664. The molecule has 4 rings (SSSR count). The van der Waals surface area contributed by atoms with Crippen LogP contribution < -0.4 is 11.0 Å². The number of likely N-dealkylation sites (tertiary alicyclic amines) is 1. The summed E-state index contributed by atoms with van der Waals surface area (Å²) in [5.74, 6) is -0.0820. The maximum Gasteiger partial charge on any atom is 0.346 e. The number of nitrogens with one attached hydrogen (secondary N) is 2. The number of benzene rings is 1. The van der Waals surface area contributed by atoms with E-state index in [9.17, 15) is 14.4 Å². The van der Waals surface area contributed by atoms with Gasteiger partial charge in [-0.25, -0.2) is 4.79 Å². The lowest BCUT2D eigenvalue weighted by atomic mass is 10.1. The number of hydrogen-bond donors (Lipinski definition) is 2. The number of aromatic nitrogens is 2. The first-order valence-corrected chi connectivity index (χ1v) is 8.18. The van der Waals surface area contributed by atoms with Crippen LogP contribution in [0.4, 0.5) is 0 Å².